The van der Waals surface area contributed by atoms with Crippen LogP contribution in [0, 0.1) is 6.92 Å². The zero-order valence-electron chi connectivity index (χ0n) is 9.78. The first-order valence-electron chi connectivity index (χ1n) is 6.13. The zero-order valence-corrected chi connectivity index (χ0v) is 10.6. The molecule has 88 valence electrons. The maximum Gasteiger partial charge on any atom is 0.113 e. The third-order valence-electron chi connectivity index (χ3n) is 3.99. The Balaban J connectivity index is 1.83. The van der Waals surface area contributed by atoms with Gasteiger partial charge in [-0.3, -0.25) is 0 Å². The summed E-state index contributed by atoms with van der Waals surface area (Å²) in [4.78, 5) is 7.20. The Labute approximate surface area is 101 Å². The number of thiazole rings is 1. The quantitative estimate of drug-likeness (QED) is 0.810. The highest BCUT2D eigenvalue weighted by atomic mass is 32.1. The van der Waals surface area contributed by atoms with E-state index in [0.717, 1.165) is 30.1 Å². The summed E-state index contributed by atoms with van der Waals surface area (Å²) in [5.74, 6) is 0. The SMILES string of the molecule is Cc1csc(C2(N)CCN3CCCC3C2)n1. The molecule has 0 spiro atoms. The average Bonchev–Trinajstić information content (AvgIpc) is 2.85. The minimum atomic E-state index is -0.148. The van der Waals surface area contributed by atoms with Gasteiger partial charge >= 0.3 is 0 Å². The highest BCUT2D eigenvalue weighted by Crippen LogP contribution is 2.38. The Morgan fingerprint density at radius 1 is 1.56 bits per heavy atom. The third kappa shape index (κ3) is 1.69. The van der Waals surface area contributed by atoms with E-state index < -0.39 is 0 Å². The number of aromatic nitrogens is 1. The van der Waals surface area contributed by atoms with Crippen LogP contribution in [0.15, 0.2) is 5.38 Å². The molecule has 2 N–H and O–H groups in total. The molecule has 0 aromatic carbocycles. The number of hydrogen-bond donors (Lipinski definition) is 1. The van der Waals surface area contributed by atoms with Crippen LogP contribution in [0.5, 0.6) is 0 Å². The van der Waals surface area contributed by atoms with E-state index in [0.29, 0.717) is 6.04 Å². The first-order chi connectivity index (χ1) is 7.67. The molecule has 0 aliphatic carbocycles. The molecule has 2 atom stereocenters. The monoisotopic (exact) mass is 237 g/mol. The number of piperidine rings is 1. The lowest BCUT2D eigenvalue weighted by Crippen LogP contribution is -2.50. The van der Waals surface area contributed by atoms with Gasteiger partial charge in [-0.15, -0.1) is 11.3 Å². The summed E-state index contributed by atoms with van der Waals surface area (Å²) < 4.78 is 0. The van der Waals surface area contributed by atoms with Crippen LogP contribution < -0.4 is 5.73 Å². The maximum absolute atomic E-state index is 6.57. The van der Waals surface area contributed by atoms with Crippen molar-refractivity contribution >= 4 is 11.3 Å². The van der Waals surface area contributed by atoms with Crippen molar-refractivity contribution in [3.63, 3.8) is 0 Å². The summed E-state index contributed by atoms with van der Waals surface area (Å²) in [6.45, 7) is 4.48. The molecule has 0 radical (unpaired) electrons. The Morgan fingerprint density at radius 3 is 3.19 bits per heavy atom. The first kappa shape index (κ1) is 10.7. The fraction of sp³-hybridized carbons (Fsp3) is 0.750. The molecule has 1 aromatic rings. The van der Waals surface area contributed by atoms with Gasteiger partial charge in [0.05, 0.1) is 5.54 Å². The molecule has 2 aliphatic rings. The second-order valence-electron chi connectivity index (χ2n) is 5.24. The normalized spacial score (nSPS) is 35.2. The molecule has 2 unspecified atom stereocenters. The predicted molar refractivity (Wildman–Crippen MR) is 66.5 cm³/mol. The smallest absolute Gasteiger partial charge is 0.113 e. The predicted octanol–water partition coefficient (Wildman–Crippen LogP) is 1.86. The van der Waals surface area contributed by atoms with E-state index in [4.69, 9.17) is 5.73 Å². The highest BCUT2D eigenvalue weighted by molar-refractivity contribution is 7.09. The zero-order chi connectivity index (χ0) is 11.2. The van der Waals surface area contributed by atoms with Gasteiger partial charge in [-0.05, 0) is 39.2 Å². The summed E-state index contributed by atoms with van der Waals surface area (Å²) in [7, 11) is 0. The van der Waals surface area contributed by atoms with Crippen molar-refractivity contribution in [1.82, 2.24) is 9.88 Å². The Bertz CT molecular complexity index is 389. The number of aryl methyl sites for hydroxylation is 1. The molecule has 3 heterocycles. The van der Waals surface area contributed by atoms with Crippen LogP contribution >= 0.6 is 11.3 Å². The molecule has 0 amide bonds. The molecule has 2 fully saturated rings. The van der Waals surface area contributed by atoms with Crippen molar-refractivity contribution in [1.29, 1.82) is 0 Å². The lowest BCUT2D eigenvalue weighted by molar-refractivity contribution is 0.130. The fourth-order valence-corrected chi connectivity index (χ4v) is 4.01. The van der Waals surface area contributed by atoms with Gasteiger partial charge in [0.25, 0.3) is 0 Å². The summed E-state index contributed by atoms with van der Waals surface area (Å²) >= 11 is 1.73. The maximum atomic E-state index is 6.57. The largest absolute Gasteiger partial charge is 0.319 e. The lowest BCUT2D eigenvalue weighted by Gasteiger charge is -2.40. The molecule has 3 rings (SSSR count). The van der Waals surface area contributed by atoms with Crippen molar-refractivity contribution in [3.05, 3.63) is 16.1 Å². The average molecular weight is 237 g/mol. The summed E-state index contributed by atoms with van der Waals surface area (Å²) in [6, 6.07) is 0.711. The molecule has 0 saturated carbocycles. The molecule has 0 bridgehead atoms. The van der Waals surface area contributed by atoms with Crippen LogP contribution in [0.4, 0.5) is 0 Å². The molecule has 3 nitrogen and oxygen atoms in total. The van der Waals surface area contributed by atoms with Crippen molar-refractivity contribution in [2.24, 2.45) is 5.73 Å². The molecular weight excluding hydrogens is 218 g/mol. The molecule has 1 aromatic heterocycles. The van der Waals surface area contributed by atoms with Gasteiger partial charge in [0.2, 0.25) is 0 Å². The van der Waals surface area contributed by atoms with Crippen molar-refractivity contribution in [3.8, 4) is 0 Å². The lowest BCUT2D eigenvalue weighted by atomic mass is 9.85. The Morgan fingerprint density at radius 2 is 2.44 bits per heavy atom. The van der Waals surface area contributed by atoms with Gasteiger partial charge in [-0.2, -0.15) is 0 Å². The second-order valence-corrected chi connectivity index (χ2v) is 6.09. The number of fused-ring (bicyclic) bond motifs is 1. The summed E-state index contributed by atoms with van der Waals surface area (Å²) in [5, 5.41) is 3.27. The summed E-state index contributed by atoms with van der Waals surface area (Å²) in [6.07, 6.45) is 4.83. The summed E-state index contributed by atoms with van der Waals surface area (Å²) in [5.41, 5.74) is 7.53. The van der Waals surface area contributed by atoms with Crippen LogP contribution in [0.1, 0.15) is 36.4 Å². The third-order valence-corrected chi connectivity index (χ3v) is 5.17. The van der Waals surface area contributed by atoms with E-state index in [1.54, 1.807) is 11.3 Å². The van der Waals surface area contributed by atoms with Crippen molar-refractivity contribution in [2.75, 3.05) is 13.1 Å². The van der Waals surface area contributed by atoms with Crippen molar-refractivity contribution in [2.45, 2.75) is 44.2 Å². The standard InChI is InChI=1S/C12H19N3S/c1-9-8-16-11(14-9)12(13)4-6-15-5-2-3-10(15)7-12/h8,10H,2-7,13H2,1H3. The molecule has 2 aliphatic heterocycles. The second kappa shape index (κ2) is 3.79. The van der Waals surface area contributed by atoms with Gasteiger partial charge in [0, 0.05) is 23.7 Å². The first-order valence-corrected chi connectivity index (χ1v) is 7.01. The van der Waals surface area contributed by atoms with E-state index in [9.17, 15) is 0 Å². The molecule has 16 heavy (non-hydrogen) atoms. The number of nitrogens with zero attached hydrogens (tertiary/aromatic N) is 2. The number of rotatable bonds is 1. The Kier molecular flexibility index (Phi) is 2.53. The topological polar surface area (TPSA) is 42.1 Å². The minimum Gasteiger partial charge on any atom is -0.319 e. The molecule has 4 heteroatoms. The fourth-order valence-electron chi connectivity index (χ4n) is 3.06. The van der Waals surface area contributed by atoms with E-state index in [1.807, 2.05) is 6.92 Å². The molecule has 2 saturated heterocycles. The van der Waals surface area contributed by atoms with E-state index in [1.165, 1.54) is 19.4 Å². The van der Waals surface area contributed by atoms with Crippen LogP contribution in [0.25, 0.3) is 0 Å². The van der Waals surface area contributed by atoms with Crippen LogP contribution in [-0.2, 0) is 5.54 Å². The van der Waals surface area contributed by atoms with Crippen LogP contribution in [-0.4, -0.2) is 29.0 Å². The number of hydrogen-bond acceptors (Lipinski definition) is 4. The van der Waals surface area contributed by atoms with Gasteiger partial charge in [-0.1, -0.05) is 0 Å². The van der Waals surface area contributed by atoms with Gasteiger partial charge < -0.3 is 10.6 Å². The van der Waals surface area contributed by atoms with E-state index in [-0.39, 0.29) is 5.54 Å². The highest BCUT2D eigenvalue weighted by Gasteiger charge is 2.41. The van der Waals surface area contributed by atoms with Gasteiger partial charge in [0.15, 0.2) is 0 Å². The van der Waals surface area contributed by atoms with Gasteiger partial charge in [-0.25, -0.2) is 4.98 Å². The van der Waals surface area contributed by atoms with Crippen LogP contribution in [0.3, 0.4) is 0 Å². The van der Waals surface area contributed by atoms with Gasteiger partial charge in [0.1, 0.15) is 5.01 Å². The minimum absolute atomic E-state index is 0.148. The molecular formula is C12H19N3S. The van der Waals surface area contributed by atoms with Crippen LogP contribution in [0.2, 0.25) is 0 Å². The van der Waals surface area contributed by atoms with Crippen molar-refractivity contribution < 1.29 is 0 Å². The number of nitrogens with two attached hydrogens (primary N) is 1. The Hall–Kier alpha value is -0.450. The van der Waals surface area contributed by atoms with E-state index in [2.05, 4.69) is 15.3 Å². The van der Waals surface area contributed by atoms with E-state index >= 15 is 0 Å².